The molecule has 0 aliphatic heterocycles. The van der Waals surface area contributed by atoms with Crippen LogP contribution in [0.4, 0.5) is 13.2 Å². The molecular formula is C21H19F3N2O3. The molecule has 3 rings (SSSR count). The fourth-order valence-electron chi connectivity index (χ4n) is 2.81. The summed E-state index contributed by atoms with van der Waals surface area (Å²) in [5, 5.41) is 0. The van der Waals surface area contributed by atoms with Crippen LogP contribution >= 0.6 is 0 Å². The number of methoxy groups -OCH3 is 1. The van der Waals surface area contributed by atoms with E-state index in [1.165, 1.54) is 13.2 Å². The van der Waals surface area contributed by atoms with Gasteiger partial charge in [0.15, 0.2) is 0 Å². The van der Waals surface area contributed by atoms with E-state index in [0.717, 1.165) is 17.7 Å². The second-order valence-corrected chi connectivity index (χ2v) is 6.37. The van der Waals surface area contributed by atoms with Gasteiger partial charge in [-0.05, 0) is 35.4 Å². The van der Waals surface area contributed by atoms with Gasteiger partial charge < -0.3 is 14.0 Å². The van der Waals surface area contributed by atoms with Crippen molar-refractivity contribution in [2.75, 3.05) is 7.11 Å². The molecule has 0 saturated heterocycles. The molecule has 29 heavy (non-hydrogen) atoms. The number of nitrogens with zero attached hydrogens (tertiary/aromatic N) is 2. The molecule has 8 heteroatoms. The van der Waals surface area contributed by atoms with Crippen LogP contribution < -0.4 is 0 Å². The van der Waals surface area contributed by atoms with Crippen LogP contribution in [0.15, 0.2) is 67.3 Å². The molecule has 5 nitrogen and oxygen atoms in total. The van der Waals surface area contributed by atoms with Crippen molar-refractivity contribution in [3.63, 3.8) is 0 Å². The van der Waals surface area contributed by atoms with Gasteiger partial charge in [0.25, 0.3) is 0 Å². The number of benzene rings is 2. The van der Waals surface area contributed by atoms with Crippen molar-refractivity contribution in [3.05, 3.63) is 89.5 Å². The Morgan fingerprint density at radius 2 is 1.93 bits per heavy atom. The molecule has 1 unspecified atom stereocenters. The van der Waals surface area contributed by atoms with E-state index in [1.54, 1.807) is 53.6 Å². The van der Waals surface area contributed by atoms with Crippen LogP contribution in [0.1, 0.15) is 33.2 Å². The molecule has 3 aromatic rings. The van der Waals surface area contributed by atoms with Crippen molar-refractivity contribution in [1.29, 1.82) is 0 Å². The normalized spacial score (nSPS) is 12.6. The SMILES string of the molecule is COC(=O)c1ccc(COC(Cn2ccnc2)c2cccc(C(F)(F)F)c2)cc1. The number of esters is 1. The molecule has 0 saturated carbocycles. The minimum atomic E-state index is -4.43. The third kappa shape index (κ3) is 5.45. The maximum atomic E-state index is 13.1. The van der Waals surface area contributed by atoms with Gasteiger partial charge in [0.05, 0.1) is 37.7 Å². The quantitative estimate of drug-likeness (QED) is 0.538. The molecule has 0 amide bonds. The van der Waals surface area contributed by atoms with E-state index in [9.17, 15) is 18.0 Å². The highest BCUT2D eigenvalue weighted by atomic mass is 19.4. The Kier molecular flexibility index (Phi) is 6.33. The van der Waals surface area contributed by atoms with Crippen molar-refractivity contribution in [2.45, 2.75) is 25.4 Å². The summed E-state index contributed by atoms with van der Waals surface area (Å²) in [7, 11) is 1.30. The summed E-state index contributed by atoms with van der Waals surface area (Å²) >= 11 is 0. The Bertz CT molecular complexity index is 939. The Labute approximate surface area is 165 Å². The van der Waals surface area contributed by atoms with Crippen LogP contribution in [-0.4, -0.2) is 22.6 Å². The number of aromatic nitrogens is 2. The maximum absolute atomic E-state index is 13.1. The van der Waals surface area contributed by atoms with Crippen LogP contribution in [0, 0.1) is 0 Å². The van der Waals surface area contributed by atoms with Crippen molar-refractivity contribution >= 4 is 5.97 Å². The van der Waals surface area contributed by atoms with Crippen LogP contribution in [0.2, 0.25) is 0 Å². The zero-order chi connectivity index (χ0) is 20.9. The van der Waals surface area contributed by atoms with E-state index in [0.29, 0.717) is 17.7 Å². The largest absolute Gasteiger partial charge is 0.465 e. The van der Waals surface area contributed by atoms with Crippen LogP contribution in [0.3, 0.4) is 0 Å². The van der Waals surface area contributed by atoms with E-state index < -0.39 is 23.8 Å². The molecule has 0 N–H and O–H groups in total. The lowest BCUT2D eigenvalue weighted by molar-refractivity contribution is -0.137. The topological polar surface area (TPSA) is 53.4 Å². The highest BCUT2D eigenvalue weighted by molar-refractivity contribution is 5.89. The standard InChI is InChI=1S/C21H19F3N2O3/c1-28-20(27)16-7-5-15(6-8-16)13-29-19(12-26-10-9-25-14-26)17-3-2-4-18(11-17)21(22,23)24/h2-11,14,19H,12-13H2,1H3. The summed E-state index contributed by atoms with van der Waals surface area (Å²) < 4.78 is 51.6. The van der Waals surface area contributed by atoms with Crippen LogP contribution in [0.5, 0.6) is 0 Å². The molecule has 1 heterocycles. The number of ether oxygens (including phenoxy) is 2. The zero-order valence-electron chi connectivity index (χ0n) is 15.6. The Morgan fingerprint density at radius 3 is 2.55 bits per heavy atom. The lowest BCUT2D eigenvalue weighted by atomic mass is 10.1. The van der Waals surface area contributed by atoms with E-state index >= 15 is 0 Å². The Hall–Kier alpha value is -3.13. The van der Waals surface area contributed by atoms with Crippen molar-refractivity contribution in [1.82, 2.24) is 9.55 Å². The first kappa shape index (κ1) is 20.6. The van der Waals surface area contributed by atoms with Gasteiger partial charge in [-0.15, -0.1) is 0 Å². The van der Waals surface area contributed by atoms with Gasteiger partial charge in [-0.25, -0.2) is 9.78 Å². The predicted octanol–water partition coefficient (Wildman–Crippen LogP) is 4.65. The molecule has 2 aromatic carbocycles. The highest BCUT2D eigenvalue weighted by Gasteiger charge is 2.31. The molecule has 0 aliphatic rings. The molecule has 0 bridgehead atoms. The average Bonchev–Trinajstić information content (AvgIpc) is 3.23. The fourth-order valence-corrected chi connectivity index (χ4v) is 2.81. The molecular weight excluding hydrogens is 385 g/mol. The van der Waals surface area contributed by atoms with Gasteiger partial charge in [-0.2, -0.15) is 13.2 Å². The number of alkyl halides is 3. The number of carbonyl (C=O) groups excluding carboxylic acids is 1. The molecule has 0 spiro atoms. The summed E-state index contributed by atoms with van der Waals surface area (Å²) in [6.07, 6.45) is -0.162. The summed E-state index contributed by atoms with van der Waals surface area (Å²) in [6.45, 7) is 0.471. The Balaban J connectivity index is 1.78. The van der Waals surface area contributed by atoms with Gasteiger partial charge in [0.1, 0.15) is 6.10 Å². The smallest absolute Gasteiger partial charge is 0.416 e. The first-order chi connectivity index (χ1) is 13.9. The average molecular weight is 404 g/mol. The molecule has 0 fully saturated rings. The van der Waals surface area contributed by atoms with E-state index in [1.807, 2.05) is 0 Å². The van der Waals surface area contributed by atoms with Gasteiger partial charge in [-0.1, -0.05) is 24.3 Å². The number of halogens is 3. The third-order valence-electron chi connectivity index (χ3n) is 4.35. The number of hydrogen-bond donors (Lipinski definition) is 0. The number of hydrogen-bond acceptors (Lipinski definition) is 4. The van der Waals surface area contributed by atoms with E-state index in [2.05, 4.69) is 9.72 Å². The highest BCUT2D eigenvalue weighted by Crippen LogP contribution is 2.32. The summed E-state index contributed by atoms with van der Waals surface area (Å²) in [4.78, 5) is 15.5. The minimum absolute atomic E-state index is 0.164. The van der Waals surface area contributed by atoms with E-state index in [-0.39, 0.29) is 6.61 Å². The van der Waals surface area contributed by atoms with Gasteiger partial charge in [0.2, 0.25) is 0 Å². The Morgan fingerprint density at radius 1 is 1.17 bits per heavy atom. The lowest BCUT2D eigenvalue weighted by Gasteiger charge is -2.20. The number of rotatable bonds is 7. The number of imidazole rings is 1. The van der Waals surface area contributed by atoms with Crippen molar-refractivity contribution in [2.24, 2.45) is 0 Å². The first-order valence-corrected chi connectivity index (χ1v) is 8.78. The fraction of sp³-hybridized carbons (Fsp3) is 0.238. The zero-order valence-corrected chi connectivity index (χ0v) is 15.6. The summed E-state index contributed by atoms with van der Waals surface area (Å²) in [6, 6.07) is 11.8. The first-order valence-electron chi connectivity index (χ1n) is 8.78. The lowest BCUT2D eigenvalue weighted by Crippen LogP contribution is -2.14. The van der Waals surface area contributed by atoms with E-state index in [4.69, 9.17) is 4.74 Å². The maximum Gasteiger partial charge on any atom is 0.416 e. The van der Waals surface area contributed by atoms with Crippen LogP contribution in [0.25, 0.3) is 0 Å². The minimum Gasteiger partial charge on any atom is -0.465 e. The molecule has 152 valence electrons. The monoisotopic (exact) mass is 404 g/mol. The molecule has 0 aliphatic carbocycles. The number of carbonyl (C=O) groups is 1. The van der Waals surface area contributed by atoms with Gasteiger partial charge in [-0.3, -0.25) is 0 Å². The van der Waals surface area contributed by atoms with Crippen molar-refractivity contribution < 1.29 is 27.4 Å². The van der Waals surface area contributed by atoms with Gasteiger partial charge in [0, 0.05) is 12.4 Å². The third-order valence-corrected chi connectivity index (χ3v) is 4.35. The predicted molar refractivity (Wildman–Crippen MR) is 99.0 cm³/mol. The summed E-state index contributed by atoms with van der Waals surface area (Å²) in [5.74, 6) is -0.445. The molecule has 0 radical (unpaired) electrons. The van der Waals surface area contributed by atoms with Crippen molar-refractivity contribution in [3.8, 4) is 0 Å². The van der Waals surface area contributed by atoms with Crippen LogP contribution in [-0.2, 0) is 28.8 Å². The molecule has 1 aromatic heterocycles. The molecule has 1 atom stereocenters. The second kappa shape index (κ2) is 8.91. The second-order valence-electron chi connectivity index (χ2n) is 6.37. The summed E-state index contributed by atoms with van der Waals surface area (Å²) in [5.41, 5.74) is 0.876. The van der Waals surface area contributed by atoms with Gasteiger partial charge >= 0.3 is 12.1 Å².